The molecule has 0 aromatic heterocycles. The first-order chi connectivity index (χ1) is 21.8. The number of aliphatic hydroxyl groups is 1. The second-order valence-corrected chi connectivity index (χ2v) is 10.2. The number of carbonyl (C=O) groups is 5. The minimum Gasteiger partial charge on any atom is -0.506 e. The molecule has 0 bridgehead atoms. The molecule has 2 aliphatic rings. The highest BCUT2D eigenvalue weighted by Crippen LogP contribution is 2.37. The van der Waals surface area contributed by atoms with Crippen molar-refractivity contribution in [3.8, 4) is 0 Å². The maximum atomic E-state index is 13.2. The Morgan fingerprint density at radius 2 is 1.09 bits per heavy atom. The highest BCUT2D eigenvalue weighted by Gasteiger charge is 2.35. The predicted molar refractivity (Wildman–Crippen MR) is 171 cm³/mol. The molecule has 0 spiro atoms. The minimum absolute atomic E-state index is 0.0305. The summed E-state index contributed by atoms with van der Waals surface area (Å²) in [5.74, 6) is -2.45. The zero-order valence-corrected chi connectivity index (χ0v) is 23.6. The summed E-state index contributed by atoms with van der Waals surface area (Å²) in [6.07, 6.45) is 7.28. The Labute approximate surface area is 257 Å². The average Bonchev–Trinajstić information content (AvgIpc) is 3.46. The molecule has 2 amide bonds. The summed E-state index contributed by atoms with van der Waals surface area (Å²) < 4.78 is 0. The van der Waals surface area contributed by atoms with Crippen LogP contribution in [0.1, 0.15) is 57.4 Å². The van der Waals surface area contributed by atoms with Crippen LogP contribution in [0.5, 0.6) is 0 Å². The van der Waals surface area contributed by atoms with E-state index in [1.807, 2.05) is 0 Å². The number of ketones is 3. The maximum Gasteiger partial charge on any atom is 0.255 e. The summed E-state index contributed by atoms with van der Waals surface area (Å²) in [7, 11) is 0. The zero-order valence-electron chi connectivity index (χ0n) is 23.6. The summed E-state index contributed by atoms with van der Waals surface area (Å²) in [6.45, 7) is 0. The fourth-order valence-corrected chi connectivity index (χ4v) is 5.20. The Morgan fingerprint density at radius 3 is 1.67 bits per heavy atom. The number of rotatable bonds is 7. The highest BCUT2D eigenvalue weighted by atomic mass is 16.3. The normalized spacial score (nSPS) is 14.8. The van der Waals surface area contributed by atoms with Gasteiger partial charge in [0.2, 0.25) is 0 Å². The van der Waals surface area contributed by atoms with Gasteiger partial charge < -0.3 is 15.7 Å². The van der Waals surface area contributed by atoms with E-state index in [4.69, 9.17) is 0 Å². The van der Waals surface area contributed by atoms with Crippen molar-refractivity contribution in [3.05, 3.63) is 172 Å². The lowest BCUT2D eigenvalue weighted by molar-refractivity contribution is 0.0984. The van der Waals surface area contributed by atoms with E-state index >= 15 is 0 Å². The fourth-order valence-electron chi connectivity index (χ4n) is 5.20. The Bertz CT molecular complexity index is 2040. The van der Waals surface area contributed by atoms with E-state index in [0.717, 1.165) is 0 Å². The Morgan fingerprint density at radius 1 is 0.556 bits per heavy atom. The maximum absolute atomic E-state index is 13.2. The second kappa shape index (κ2) is 12.1. The van der Waals surface area contributed by atoms with Crippen molar-refractivity contribution >= 4 is 46.3 Å². The molecule has 4 aromatic rings. The van der Waals surface area contributed by atoms with Crippen LogP contribution in [0.2, 0.25) is 0 Å². The molecule has 3 N–H and O–H groups in total. The van der Waals surface area contributed by atoms with Gasteiger partial charge >= 0.3 is 0 Å². The number of fused-ring (bicyclic) bond motifs is 2. The Balaban J connectivity index is 1.19. The highest BCUT2D eigenvalue weighted by molar-refractivity contribution is 6.41. The molecule has 0 fully saturated rings. The SMILES string of the molecule is O=C(Nc1cccc2c1C(=O)C(=CC=CC=CC1=C(O)c3c(NC(=O)c4ccccc4)cccc3C1=O)C2=O)c1ccccc1. The molecule has 0 unspecified atom stereocenters. The van der Waals surface area contributed by atoms with Crippen molar-refractivity contribution in [1.82, 2.24) is 0 Å². The topological polar surface area (TPSA) is 130 Å². The van der Waals surface area contributed by atoms with Crippen LogP contribution in [0.25, 0.3) is 5.76 Å². The summed E-state index contributed by atoms with van der Waals surface area (Å²) in [5.41, 5.74) is 2.15. The first-order valence-corrected chi connectivity index (χ1v) is 14.0. The minimum atomic E-state index is -0.514. The molecule has 0 aliphatic heterocycles. The van der Waals surface area contributed by atoms with Gasteiger partial charge in [-0.05, 0) is 48.6 Å². The zero-order chi connectivity index (χ0) is 31.5. The lowest BCUT2D eigenvalue weighted by atomic mass is 10.1. The molecule has 2 aliphatic carbocycles. The van der Waals surface area contributed by atoms with Crippen LogP contribution in [0.4, 0.5) is 11.4 Å². The van der Waals surface area contributed by atoms with Gasteiger partial charge in [0.25, 0.3) is 11.8 Å². The number of aliphatic hydroxyl groups excluding tert-OH is 1. The molecular weight excluding hydrogens is 568 g/mol. The van der Waals surface area contributed by atoms with Crippen molar-refractivity contribution in [3.63, 3.8) is 0 Å². The molecular formula is C37H24N2O6. The van der Waals surface area contributed by atoms with E-state index in [1.165, 1.54) is 36.4 Å². The standard InChI is InChI=1S/C37H24N2O6/c40-32-24-18-10-20-28(38-36(44)22-12-4-1-5-13-22)30(24)34(42)26(32)16-8-3-9-17-27-33(41)25-19-11-21-29(31(25)35(27)43)39-37(45)23-14-6-2-7-15-23/h1-21,42H,(H,38,44)(H,39,45). The third kappa shape index (κ3) is 5.44. The van der Waals surface area contributed by atoms with Gasteiger partial charge in [-0.1, -0.05) is 78.9 Å². The van der Waals surface area contributed by atoms with Gasteiger partial charge in [-0.25, -0.2) is 0 Å². The van der Waals surface area contributed by atoms with E-state index < -0.39 is 23.3 Å². The average molecular weight is 593 g/mol. The number of allylic oxidation sites excluding steroid dienone is 7. The molecule has 45 heavy (non-hydrogen) atoms. The number of amides is 2. The van der Waals surface area contributed by atoms with E-state index in [1.54, 1.807) is 91.0 Å². The van der Waals surface area contributed by atoms with Crippen molar-refractivity contribution in [2.45, 2.75) is 0 Å². The van der Waals surface area contributed by atoms with E-state index in [2.05, 4.69) is 10.6 Å². The lowest BCUT2D eigenvalue weighted by Gasteiger charge is -2.10. The van der Waals surface area contributed by atoms with Crippen LogP contribution in [0, 0.1) is 0 Å². The predicted octanol–water partition coefficient (Wildman–Crippen LogP) is 6.77. The molecule has 0 atom stereocenters. The van der Waals surface area contributed by atoms with Crippen LogP contribution >= 0.6 is 0 Å². The van der Waals surface area contributed by atoms with Gasteiger partial charge in [0, 0.05) is 22.3 Å². The largest absolute Gasteiger partial charge is 0.506 e. The molecule has 6 rings (SSSR count). The third-order valence-electron chi connectivity index (χ3n) is 7.39. The number of benzene rings is 4. The van der Waals surface area contributed by atoms with Crippen LogP contribution in [-0.2, 0) is 0 Å². The molecule has 0 radical (unpaired) electrons. The molecule has 8 heteroatoms. The van der Waals surface area contributed by atoms with Gasteiger partial charge in [-0.3, -0.25) is 24.0 Å². The van der Waals surface area contributed by atoms with Crippen molar-refractivity contribution < 1.29 is 29.1 Å². The van der Waals surface area contributed by atoms with Gasteiger partial charge in [-0.2, -0.15) is 0 Å². The van der Waals surface area contributed by atoms with E-state index in [-0.39, 0.29) is 50.8 Å². The van der Waals surface area contributed by atoms with Gasteiger partial charge in [0.05, 0.1) is 33.6 Å². The summed E-state index contributed by atoms with van der Waals surface area (Å²) in [5, 5.41) is 16.4. The smallest absolute Gasteiger partial charge is 0.255 e. The third-order valence-corrected chi connectivity index (χ3v) is 7.39. The van der Waals surface area contributed by atoms with E-state index in [0.29, 0.717) is 16.8 Å². The molecule has 0 heterocycles. The van der Waals surface area contributed by atoms with Gasteiger partial charge in [0.15, 0.2) is 17.3 Å². The first-order valence-electron chi connectivity index (χ1n) is 14.0. The van der Waals surface area contributed by atoms with Crippen molar-refractivity contribution in [1.29, 1.82) is 0 Å². The Kier molecular flexibility index (Phi) is 7.69. The van der Waals surface area contributed by atoms with Crippen molar-refractivity contribution in [2.75, 3.05) is 10.6 Å². The van der Waals surface area contributed by atoms with Gasteiger partial charge in [0.1, 0.15) is 5.76 Å². The number of Topliss-reactive ketones (excluding diaryl/α,β-unsaturated/α-hetero) is 3. The molecule has 0 saturated heterocycles. The van der Waals surface area contributed by atoms with Crippen LogP contribution in [0.3, 0.4) is 0 Å². The summed E-state index contributed by atoms with van der Waals surface area (Å²) in [6, 6.07) is 26.6. The number of nitrogens with one attached hydrogen (secondary N) is 2. The summed E-state index contributed by atoms with van der Waals surface area (Å²) >= 11 is 0. The molecule has 218 valence electrons. The number of anilines is 2. The number of hydrogen-bond acceptors (Lipinski definition) is 6. The monoisotopic (exact) mass is 592 g/mol. The fraction of sp³-hybridized carbons (Fsp3) is 0. The number of hydrogen-bond donors (Lipinski definition) is 3. The lowest BCUT2D eigenvalue weighted by Crippen LogP contribution is -2.14. The van der Waals surface area contributed by atoms with Crippen LogP contribution < -0.4 is 10.6 Å². The molecule has 4 aromatic carbocycles. The first kappa shape index (κ1) is 28.7. The summed E-state index contributed by atoms with van der Waals surface area (Å²) in [4.78, 5) is 64.7. The van der Waals surface area contributed by atoms with Crippen molar-refractivity contribution in [2.24, 2.45) is 0 Å². The molecule has 8 nitrogen and oxygen atoms in total. The van der Waals surface area contributed by atoms with Crippen LogP contribution in [0.15, 0.2) is 139 Å². The number of carbonyl (C=O) groups excluding carboxylic acids is 5. The van der Waals surface area contributed by atoms with E-state index in [9.17, 15) is 29.1 Å². The Hall–Kier alpha value is -6.41. The second-order valence-electron chi connectivity index (χ2n) is 10.2. The van der Waals surface area contributed by atoms with Crippen LogP contribution in [-0.4, -0.2) is 34.3 Å². The quantitative estimate of drug-likeness (QED) is 0.123. The molecule has 0 saturated carbocycles. The van der Waals surface area contributed by atoms with Gasteiger partial charge in [-0.15, -0.1) is 0 Å².